The first-order valence-corrected chi connectivity index (χ1v) is 14.6. The van der Waals surface area contributed by atoms with Crippen LogP contribution in [0.3, 0.4) is 0 Å². The summed E-state index contributed by atoms with van der Waals surface area (Å²) in [6.45, 7) is 22.9. The highest BCUT2D eigenvalue weighted by Crippen LogP contribution is 2.37. The van der Waals surface area contributed by atoms with Crippen molar-refractivity contribution in [2.24, 2.45) is 0 Å². The molecule has 4 heteroatoms. The van der Waals surface area contributed by atoms with Crippen LogP contribution in [0.5, 0.6) is 0 Å². The molecular formula is C26H43FO2Si. The van der Waals surface area contributed by atoms with Gasteiger partial charge in [0.2, 0.25) is 8.32 Å². The summed E-state index contributed by atoms with van der Waals surface area (Å²) in [5.74, 6) is 1.83. The number of hydrogen-bond donors (Lipinski definition) is 0. The minimum Gasteiger partial charge on any atom is -0.544 e. The van der Waals surface area contributed by atoms with E-state index in [9.17, 15) is 4.39 Å². The molecule has 0 saturated carbocycles. The number of rotatable bonds is 10. The quantitative estimate of drug-likeness (QED) is 0.208. The molecule has 0 N–H and O–H groups in total. The fourth-order valence-corrected chi connectivity index (χ4v) is 4.44. The second-order valence-electron chi connectivity index (χ2n) is 10.0. The van der Waals surface area contributed by atoms with E-state index >= 15 is 0 Å². The number of hydrogen-bond acceptors (Lipinski definition) is 2. The van der Waals surface area contributed by atoms with Gasteiger partial charge in [0.1, 0.15) is 12.4 Å². The summed E-state index contributed by atoms with van der Waals surface area (Å²) in [4.78, 5) is 0. The van der Waals surface area contributed by atoms with E-state index in [0.717, 1.165) is 16.9 Å². The molecule has 0 heterocycles. The zero-order valence-electron chi connectivity index (χ0n) is 21.0. The molecule has 0 bridgehead atoms. The van der Waals surface area contributed by atoms with Crippen molar-refractivity contribution in [2.45, 2.75) is 98.9 Å². The second kappa shape index (κ2) is 11.2. The Balaban J connectivity index is 3.42. The minimum atomic E-state index is -1.74. The van der Waals surface area contributed by atoms with Crippen molar-refractivity contribution < 1.29 is 13.6 Å². The third kappa shape index (κ3) is 7.30. The van der Waals surface area contributed by atoms with E-state index in [2.05, 4.69) is 73.3 Å². The molecule has 0 aliphatic carbocycles. The molecule has 30 heavy (non-hydrogen) atoms. The molecule has 1 unspecified atom stereocenters. The SMILES string of the molecule is C/C=C(O[Si](C)(C)C)/C(C)=C/OC(CF)c1c(C(C)C)cc(C(C)C)cc1C(C)C. The normalized spacial score (nSPS) is 14.6. The molecule has 0 spiro atoms. The lowest BCUT2D eigenvalue weighted by Gasteiger charge is -2.27. The summed E-state index contributed by atoms with van der Waals surface area (Å²) in [7, 11) is -1.74. The van der Waals surface area contributed by atoms with E-state index in [-0.39, 0.29) is 0 Å². The zero-order chi connectivity index (χ0) is 23.2. The van der Waals surface area contributed by atoms with Crippen molar-refractivity contribution in [1.29, 1.82) is 0 Å². The van der Waals surface area contributed by atoms with Crippen molar-refractivity contribution >= 4 is 8.32 Å². The Morgan fingerprint density at radius 3 is 1.80 bits per heavy atom. The van der Waals surface area contributed by atoms with E-state index in [1.165, 1.54) is 16.7 Å². The molecule has 0 aliphatic heterocycles. The molecule has 1 rings (SSSR count). The number of ether oxygens (including phenoxy) is 1. The van der Waals surface area contributed by atoms with Crippen LogP contribution in [0.4, 0.5) is 4.39 Å². The third-order valence-corrected chi connectivity index (χ3v) is 5.95. The number of halogens is 1. The van der Waals surface area contributed by atoms with E-state index in [4.69, 9.17) is 9.16 Å². The molecule has 1 aromatic rings. The van der Waals surface area contributed by atoms with Crippen LogP contribution in [-0.2, 0) is 9.16 Å². The molecule has 0 amide bonds. The summed E-state index contributed by atoms with van der Waals surface area (Å²) in [6, 6.07) is 4.48. The molecule has 2 nitrogen and oxygen atoms in total. The minimum absolute atomic E-state index is 0.292. The van der Waals surface area contributed by atoms with Crippen LogP contribution in [-0.4, -0.2) is 15.0 Å². The highest BCUT2D eigenvalue weighted by molar-refractivity contribution is 6.70. The molecule has 170 valence electrons. The highest BCUT2D eigenvalue weighted by atomic mass is 28.4. The van der Waals surface area contributed by atoms with Crippen LogP contribution in [0.25, 0.3) is 0 Å². The third-order valence-electron chi connectivity index (χ3n) is 5.12. The van der Waals surface area contributed by atoms with E-state index in [1.807, 2.05) is 19.9 Å². The summed E-state index contributed by atoms with van der Waals surface area (Å²) >= 11 is 0. The summed E-state index contributed by atoms with van der Waals surface area (Å²) in [5.41, 5.74) is 5.56. The lowest BCUT2D eigenvalue weighted by molar-refractivity contribution is 0.112. The highest BCUT2D eigenvalue weighted by Gasteiger charge is 2.25. The van der Waals surface area contributed by atoms with Crippen LogP contribution in [0, 0.1) is 0 Å². The van der Waals surface area contributed by atoms with Crippen LogP contribution < -0.4 is 0 Å². The average molecular weight is 435 g/mol. The molecule has 1 atom stereocenters. The number of benzene rings is 1. The van der Waals surface area contributed by atoms with E-state index in [0.29, 0.717) is 17.8 Å². The Hall–Kier alpha value is -1.55. The maximum Gasteiger partial charge on any atom is 0.242 e. The predicted molar refractivity (Wildman–Crippen MR) is 130 cm³/mol. The Kier molecular flexibility index (Phi) is 9.86. The van der Waals surface area contributed by atoms with Crippen LogP contribution in [0.15, 0.2) is 35.8 Å². The first kappa shape index (κ1) is 26.5. The van der Waals surface area contributed by atoms with E-state index < -0.39 is 21.1 Å². The van der Waals surface area contributed by atoms with Gasteiger partial charge in [-0.05, 0) is 74.0 Å². The van der Waals surface area contributed by atoms with E-state index in [1.54, 1.807) is 6.26 Å². The van der Waals surface area contributed by atoms with Gasteiger partial charge in [0.15, 0.2) is 6.10 Å². The Morgan fingerprint density at radius 2 is 1.47 bits per heavy atom. The molecule has 0 saturated heterocycles. The van der Waals surface area contributed by atoms with Crippen molar-refractivity contribution in [2.75, 3.05) is 6.67 Å². The van der Waals surface area contributed by atoms with Gasteiger partial charge >= 0.3 is 0 Å². The van der Waals surface area contributed by atoms with Crippen LogP contribution >= 0.6 is 0 Å². The Bertz CT molecular complexity index is 726. The van der Waals surface area contributed by atoms with Gasteiger partial charge in [-0.3, -0.25) is 0 Å². The second-order valence-corrected chi connectivity index (χ2v) is 14.5. The van der Waals surface area contributed by atoms with Crippen molar-refractivity contribution in [3.63, 3.8) is 0 Å². The van der Waals surface area contributed by atoms with Crippen LogP contribution in [0.1, 0.15) is 102 Å². The molecule has 1 aromatic carbocycles. The number of alkyl halides is 1. The molecule has 0 aliphatic rings. The molecule has 0 radical (unpaired) electrons. The topological polar surface area (TPSA) is 18.5 Å². The smallest absolute Gasteiger partial charge is 0.242 e. The first-order chi connectivity index (χ1) is 13.8. The zero-order valence-corrected chi connectivity index (χ0v) is 22.0. The van der Waals surface area contributed by atoms with Gasteiger partial charge in [-0.2, -0.15) is 0 Å². The van der Waals surface area contributed by atoms with Gasteiger partial charge in [0, 0.05) is 11.1 Å². The fourth-order valence-electron chi connectivity index (χ4n) is 3.50. The average Bonchev–Trinajstić information content (AvgIpc) is 2.64. The molecule has 0 aromatic heterocycles. The lowest BCUT2D eigenvalue weighted by Crippen LogP contribution is -2.25. The van der Waals surface area contributed by atoms with Crippen LogP contribution in [0.2, 0.25) is 19.6 Å². The standard InChI is InChI=1S/C26H43FO2Si/c1-12-24(29-30(9,10)11)20(8)16-28-25(15-27)26-22(18(4)5)13-21(17(2)3)14-23(26)19(6)7/h12-14,16-19,25H,15H2,1-11H3/b20-16+,24-12-. The van der Waals surface area contributed by atoms with Crippen molar-refractivity contribution in [3.05, 3.63) is 58.1 Å². The van der Waals surface area contributed by atoms with Gasteiger partial charge in [-0.15, -0.1) is 0 Å². The Morgan fingerprint density at radius 1 is 0.967 bits per heavy atom. The lowest BCUT2D eigenvalue weighted by atomic mass is 9.82. The van der Waals surface area contributed by atoms with Gasteiger partial charge in [0.05, 0.1) is 6.26 Å². The molecular weight excluding hydrogens is 391 g/mol. The largest absolute Gasteiger partial charge is 0.544 e. The summed E-state index contributed by atoms with van der Waals surface area (Å²) in [6.07, 6.45) is 3.00. The molecule has 0 fully saturated rings. The Labute approximate surface area is 185 Å². The van der Waals surface area contributed by atoms with Gasteiger partial charge < -0.3 is 9.16 Å². The maximum absolute atomic E-state index is 14.3. The van der Waals surface area contributed by atoms with Crippen molar-refractivity contribution in [1.82, 2.24) is 0 Å². The number of allylic oxidation sites excluding steroid dienone is 2. The predicted octanol–water partition coefficient (Wildman–Crippen LogP) is 8.74. The first-order valence-electron chi connectivity index (χ1n) is 11.2. The monoisotopic (exact) mass is 434 g/mol. The van der Waals surface area contributed by atoms with Gasteiger partial charge in [0.25, 0.3) is 0 Å². The summed E-state index contributed by atoms with van der Waals surface area (Å²) in [5, 5.41) is 0. The van der Waals surface area contributed by atoms with Gasteiger partial charge in [-0.1, -0.05) is 53.7 Å². The maximum atomic E-state index is 14.3. The van der Waals surface area contributed by atoms with Crippen molar-refractivity contribution in [3.8, 4) is 0 Å². The summed E-state index contributed by atoms with van der Waals surface area (Å²) < 4.78 is 26.5. The van der Waals surface area contributed by atoms with Gasteiger partial charge in [-0.25, -0.2) is 4.39 Å². The fraction of sp³-hybridized carbons (Fsp3) is 0.615.